The van der Waals surface area contributed by atoms with Crippen LogP contribution in [0.3, 0.4) is 0 Å². The zero-order valence-corrected chi connectivity index (χ0v) is 12.0. The number of rotatable bonds is 7. The van der Waals surface area contributed by atoms with Crippen LogP contribution in [0.2, 0.25) is 0 Å². The second-order valence-corrected chi connectivity index (χ2v) is 5.17. The number of carbonyl (C=O) groups excluding carboxylic acids is 1. The summed E-state index contributed by atoms with van der Waals surface area (Å²) in [7, 11) is 0. The highest BCUT2D eigenvalue weighted by Crippen LogP contribution is 2.11. The van der Waals surface area contributed by atoms with Crippen molar-refractivity contribution in [2.24, 2.45) is 0 Å². The Labute approximate surface area is 117 Å². The summed E-state index contributed by atoms with van der Waals surface area (Å²) >= 11 is 1.68. The molecule has 1 amide bonds. The Morgan fingerprint density at radius 3 is 2.63 bits per heavy atom. The molecule has 1 unspecified atom stereocenters. The van der Waals surface area contributed by atoms with Gasteiger partial charge in [0, 0.05) is 17.4 Å². The molecule has 1 aromatic rings. The van der Waals surface area contributed by atoms with Crippen molar-refractivity contribution in [3.05, 3.63) is 35.4 Å². The largest absolute Gasteiger partial charge is 0.481 e. The molecule has 0 spiro atoms. The lowest BCUT2D eigenvalue weighted by molar-refractivity contribution is -0.136. The Kier molecular flexibility index (Phi) is 6.42. The van der Waals surface area contributed by atoms with Crippen molar-refractivity contribution in [2.45, 2.75) is 25.8 Å². The molecule has 0 aliphatic carbocycles. The van der Waals surface area contributed by atoms with Gasteiger partial charge in [-0.05, 0) is 24.3 Å². The van der Waals surface area contributed by atoms with Crippen LogP contribution in [-0.4, -0.2) is 35.0 Å². The summed E-state index contributed by atoms with van der Waals surface area (Å²) < 4.78 is 0. The van der Waals surface area contributed by atoms with Crippen LogP contribution in [0.1, 0.15) is 29.3 Å². The van der Waals surface area contributed by atoms with E-state index in [9.17, 15) is 9.59 Å². The Morgan fingerprint density at radius 2 is 2.05 bits per heavy atom. The van der Waals surface area contributed by atoms with Crippen LogP contribution in [0, 0.1) is 0 Å². The van der Waals surface area contributed by atoms with Gasteiger partial charge < -0.3 is 10.4 Å². The lowest BCUT2D eigenvalue weighted by Gasteiger charge is -2.16. The third-order valence-electron chi connectivity index (χ3n) is 2.80. The monoisotopic (exact) mass is 281 g/mol. The third kappa shape index (κ3) is 4.95. The summed E-state index contributed by atoms with van der Waals surface area (Å²) in [6.07, 6.45) is 2.71. The van der Waals surface area contributed by atoms with E-state index < -0.39 is 5.97 Å². The number of thioether (sulfide) groups is 1. The molecule has 5 heteroatoms. The number of carboxylic acid groups (broad SMARTS) is 1. The van der Waals surface area contributed by atoms with Crippen LogP contribution >= 0.6 is 11.8 Å². The van der Waals surface area contributed by atoms with Crippen LogP contribution in [0.15, 0.2) is 24.3 Å². The van der Waals surface area contributed by atoms with E-state index >= 15 is 0 Å². The van der Waals surface area contributed by atoms with Gasteiger partial charge in [-0.1, -0.05) is 25.1 Å². The third-order valence-corrected chi connectivity index (χ3v) is 3.54. The van der Waals surface area contributed by atoms with Gasteiger partial charge in [-0.2, -0.15) is 11.8 Å². The quantitative estimate of drug-likeness (QED) is 0.804. The van der Waals surface area contributed by atoms with Crippen LogP contribution < -0.4 is 5.32 Å². The summed E-state index contributed by atoms with van der Waals surface area (Å²) in [6.45, 7) is 2.02. The molecule has 0 heterocycles. The second-order valence-electron chi connectivity index (χ2n) is 4.26. The van der Waals surface area contributed by atoms with E-state index in [1.165, 1.54) is 0 Å². The van der Waals surface area contributed by atoms with Crippen LogP contribution in [0.25, 0.3) is 0 Å². The molecular formula is C14H19NO3S. The lowest BCUT2D eigenvalue weighted by Crippen LogP contribution is -2.36. The average molecular weight is 281 g/mol. The predicted molar refractivity (Wildman–Crippen MR) is 77.7 cm³/mol. The molecule has 2 N–H and O–H groups in total. The van der Waals surface area contributed by atoms with Crippen LogP contribution in [0.4, 0.5) is 0 Å². The lowest BCUT2D eigenvalue weighted by atomic mass is 10.0. The van der Waals surface area contributed by atoms with Crippen LogP contribution in [-0.2, 0) is 11.2 Å². The number of benzene rings is 1. The molecule has 0 aromatic heterocycles. The fourth-order valence-corrected chi connectivity index (χ4v) is 2.51. The van der Waals surface area contributed by atoms with Gasteiger partial charge in [0.25, 0.3) is 5.91 Å². The molecule has 0 aliphatic rings. The summed E-state index contributed by atoms with van der Waals surface area (Å²) in [5.41, 5.74) is 0.996. The molecule has 0 aliphatic heterocycles. The van der Waals surface area contributed by atoms with Gasteiger partial charge in [-0.15, -0.1) is 0 Å². The first-order valence-electron chi connectivity index (χ1n) is 6.18. The van der Waals surface area contributed by atoms with E-state index in [2.05, 4.69) is 5.32 Å². The smallest absolute Gasteiger partial charge is 0.307 e. The predicted octanol–water partition coefficient (Wildman–Crippen LogP) is 2.19. The van der Waals surface area contributed by atoms with Gasteiger partial charge in [0.2, 0.25) is 0 Å². The van der Waals surface area contributed by atoms with Gasteiger partial charge in [0.05, 0.1) is 6.42 Å². The molecule has 0 bridgehead atoms. The van der Waals surface area contributed by atoms with Crippen molar-refractivity contribution in [3.8, 4) is 0 Å². The number of carbonyl (C=O) groups is 2. The maximum Gasteiger partial charge on any atom is 0.307 e. The van der Waals surface area contributed by atoms with Gasteiger partial charge in [-0.25, -0.2) is 0 Å². The van der Waals surface area contributed by atoms with E-state index in [4.69, 9.17) is 5.11 Å². The summed E-state index contributed by atoms with van der Waals surface area (Å²) in [5.74, 6) is -0.280. The molecule has 19 heavy (non-hydrogen) atoms. The Hall–Kier alpha value is -1.49. The first-order valence-corrected chi connectivity index (χ1v) is 7.57. The number of aliphatic carboxylic acids is 1. The second kappa shape index (κ2) is 7.84. The Balaban J connectivity index is 2.83. The van der Waals surface area contributed by atoms with Crippen molar-refractivity contribution >= 4 is 23.6 Å². The van der Waals surface area contributed by atoms with Crippen molar-refractivity contribution in [2.75, 3.05) is 12.0 Å². The average Bonchev–Trinajstić information content (AvgIpc) is 2.38. The fraction of sp³-hybridized carbons (Fsp3) is 0.429. The topological polar surface area (TPSA) is 66.4 Å². The highest BCUT2D eigenvalue weighted by atomic mass is 32.2. The molecule has 104 valence electrons. The molecule has 0 fully saturated rings. The van der Waals surface area contributed by atoms with E-state index in [0.29, 0.717) is 11.1 Å². The molecule has 0 radical (unpaired) electrons. The summed E-state index contributed by atoms with van der Waals surface area (Å²) in [5, 5.41) is 11.8. The number of hydrogen-bond acceptors (Lipinski definition) is 3. The van der Waals surface area contributed by atoms with Crippen molar-refractivity contribution < 1.29 is 14.7 Å². The number of hydrogen-bond donors (Lipinski definition) is 2. The zero-order chi connectivity index (χ0) is 14.3. The van der Waals surface area contributed by atoms with Gasteiger partial charge in [0.1, 0.15) is 0 Å². The molecule has 4 nitrogen and oxygen atoms in total. The minimum absolute atomic E-state index is 0.111. The minimum atomic E-state index is -0.934. The van der Waals surface area contributed by atoms with Crippen LogP contribution in [0.5, 0.6) is 0 Å². The van der Waals surface area contributed by atoms with Gasteiger partial charge >= 0.3 is 5.97 Å². The number of nitrogens with one attached hydrogen (secondary N) is 1. The molecule has 1 atom stereocenters. The molecular weight excluding hydrogens is 262 g/mol. The molecule has 1 aromatic carbocycles. The van der Waals surface area contributed by atoms with Crippen molar-refractivity contribution in [1.82, 2.24) is 5.32 Å². The maximum atomic E-state index is 12.2. The molecule has 0 saturated carbocycles. The first-order chi connectivity index (χ1) is 9.08. The maximum absolute atomic E-state index is 12.2. The van der Waals surface area contributed by atoms with Crippen molar-refractivity contribution in [3.63, 3.8) is 0 Å². The SMILES string of the molecule is CCC(CSC)NC(=O)c1ccccc1CC(=O)O. The van der Waals surface area contributed by atoms with E-state index in [-0.39, 0.29) is 18.4 Å². The minimum Gasteiger partial charge on any atom is -0.481 e. The molecule has 1 rings (SSSR count). The van der Waals surface area contributed by atoms with Gasteiger partial charge in [0.15, 0.2) is 0 Å². The standard InChI is InChI=1S/C14H19NO3S/c1-3-11(9-19-2)15-14(18)12-7-5-4-6-10(12)8-13(16)17/h4-7,11H,3,8-9H2,1-2H3,(H,15,18)(H,16,17). The highest BCUT2D eigenvalue weighted by Gasteiger charge is 2.16. The Morgan fingerprint density at radius 1 is 1.37 bits per heavy atom. The van der Waals surface area contributed by atoms with Crippen molar-refractivity contribution in [1.29, 1.82) is 0 Å². The van der Waals surface area contributed by atoms with E-state index in [0.717, 1.165) is 12.2 Å². The Bertz CT molecular complexity index is 448. The first kappa shape index (κ1) is 15.6. The number of amides is 1. The number of carboxylic acids is 1. The zero-order valence-electron chi connectivity index (χ0n) is 11.2. The van der Waals surface area contributed by atoms with Gasteiger partial charge in [-0.3, -0.25) is 9.59 Å². The normalized spacial score (nSPS) is 11.9. The summed E-state index contributed by atoms with van der Waals surface area (Å²) in [4.78, 5) is 23.0. The fourth-order valence-electron chi connectivity index (χ4n) is 1.78. The highest BCUT2D eigenvalue weighted by molar-refractivity contribution is 7.98. The molecule has 0 saturated heterocycles. The summed E-state index contributed by atoms with van der Waals surface area (Å²) in [6, 6.07) is 6.95. The van der Waals surface area contributed by atoms with E-state index in [1.54, 1.807) is 36.0 Å². The van der Waals surface area contributed by atoms with E-state index in [1.807, 2.05) is 13.2 Å².